The topological polar surface area (TPSA) is 78.1 Å². The van der Waals surface area contributed by atoms with Gasteiger partial charge in [0.15, 0.2) is 0 Å². The van der Waals surface area contributed by atoms with E-state index in [0.717, 1.165) is 17.2 Å². The van der Waals surface area contributed by atoms with Crippen molar-refractivity contribution in [3.8, 4) is 11.8 Å². The molecule has 0 fully saturated rings. The average molecular weight is 491 g/mol. The minimum absolute atomic E-state index is 0.0542. The lowest BCUT2D eigenvalue weighted by atomic mass is 9.88. The summed E-state index contributed by atoms with van der Waals surface area (Å²) in [6, 6.07) is 2.95. The van der Waals surface area contributed by atoms with E-state index in [0.29, 0.717) is 43.1 Å². The maximum atomic E-state index is 12.0. The van der Waals surface area contributed by atoms with Gasteiger partial charge in [0.1, 0.15) is 31.0 Å². The Labute approximate surface area is 206 Å². The first-order valence-electron chi connectivity index (χ1n) is 11.9. The molecule has 0 spiro atoms. The summed E-state index contributed by atoms with van der Waals surface area (Å²) < 4.78 is 23.3. The Morgan fingerprint density at radius 3 is 2.59 bits per heavy atom. The molecule has 7 heteroatoms. The van der Waals surface area contributed by atoms with Gasteiger partial charge in [-0.2, -0.15) is 0 Å². The van der Waals surface area contributed by atoms with Crippen LogP contribution in [0.5, 0.6) is 0 Å². The molecule has 1 aromatic rings. The molecule has 0 aliphatic heterocycles. The van der Waals surface area contributed by atoms with Crippen LogP contribution in [-0.4, -0.2) is 45.8 Å². The third-order valence-corrected chi connectivity index (χ3v) is 7.00. The van der Waals surface area contributed by atoms with Gasteiger partial charge >= 0.3 is 5.97 Å². The number of aliphatic hydroxyl groups is 1. The Morgan fingerprint density at radius 2 is 2.00 bits per heavy atom. The van der Waals surface area contributed by atoms with Gasteiger partial charge in [0.05, 0.1) is 6.61 Å². The van der Waals surface area contributed by atoms with Crippen LogP contribution in [-0.2, 0) is 19.0 Å². The van der Waals surface area contributed by atoms with E-state index in [-0.39, 0.29) is 25.3 Å². The van der Waals surface area contributed by atoms with Gasteiger partial charge in [0.25, 0.3) is 0 Å². The third-order valence-electron chi connectivity index (χ3n) is 5.30. The fraction of sp³-hybridized carbons (Fsp3) is 0.593. The summed E-state index contributed by atoms with van der Waals surface area (Å²) >= 11 is 0. The number of esters is 1. The second-order valence-corrected chi connectivity index (χ2v) is 15.3. The van der Waals surface area contributed by atoms with Gasteiger partial charge in [0.2, 0.25) is 0 Å². The summed E-state index contributed by atoms with van der Waals surface area (Å²) in [6.07, 6.45) is 2.57. The molecule has 0 aliphatic carbocycles. The zero-order valence-corrected chi connectivity index (χ0v) is 23.0. The van der Waals surface area contributed by atoms with Crippen molar-refractivity contribution in [2.24, 2.45) is 5.92 Å². The Kier molecular flexibility index (Phi) is 13.2. The average Bonchev–Trinajstić information content (AvgIpc) is 3.10. The molecule has 0 aliphatic rings. The van der Waals surface area contributed by atoms with Crippen molar-refractivity contribution < 1.29 is 28.5 Å². The molecule has 2 atom stereocenters. The van der Waals surface area contributed by atoms with Crippen LogP contribution in [0, 0.1) is 24.7 Å². The van der Waals surface area contributed by atoms with E-state index < -0.39 is 14.2 Å². The standard InChI is InChI=1S/C27H42O6Si/c1-9-31-27(29)22(5)18-23-17-21(4)25(33-23)26(32-19-30-15-16-34(6,7)8)24(20(2)3)13-11-10-12-14-28/h17-18,24,26,28H,2,9,11,13-16,19H2,1,3-8H3/b22-18-/t24-,26+/m0/s1. The van der Waals surface area contributed by atoms with Crippen LogP contribution in [0.1, 0.15) is 56.8 Å². The summed E-state index contributed by atoms with van der Waals surface area (Å²) in [6.45, 7) is 19.5. The van der Waals surface area contributed by atoms with E-state index in [1.807, 2.05) is 19.9 Å². The minimum atomic E-state index is -1.19. The lowest BCUT2D eigenvalue weighted by Gasteiger charge is -2.27. The predicted molar refractivity (Wildman–Crippen MR) is 139 cm³/mol. The lowest BCUT2D eigenvalue weighted by molar-refractivity contribution is -0.138. The molecule has 0 saturated carbocycles. The van der Waals surface area contributed by atoms with Gasteiger partial charge in [-0.3, -0.25) is 0 Å². The molecule has 0 bridgehead atoms. The molecule has 6 nitrogen and oxygen atoms in total. The number of aliphatic hydroxyl groups excluding tert-OH is 1. The Bertz CT molecular complexity index is 881. The molecule has 0 unspecified atom stereocenters. The second-order valence-electron chi connectivity index (χ2n) is 9.67. The van der Waals surface area contributed by atoms with E-state index in [4.69, 9.17) is 23.7 Å². The summed E-state index contributed by atoms with van der Waals surface area (Å²) in [7, 11) is -1.19. The maximum Gasteiger partial charge on any atom is 0.333 e. The highest BCUT2D eigenvalue weighted by atomic mass is 28.3. The molecule has 0 amide bonds. The van der Waals surface area contributed by atoms with E-state index in [2.05, 4.69) is 38.1 Å². The molecule has 1 aromatic heterocycles. The van der Waals surface area contributed by atoms with Crippen molar-refractivity contribution >= 4 is 20.1 Å². The molecule has 34 heavy (non-hydrogen) atoms. The Hall–Kier alpha value is -2.11. The highest BCUT2D eigenvalue weighted by Crippen LogP contribution is 2.37. The van der Waals surface area contributed by atoms with Crippen LogP contribution in [0.2, 0.25) is 25.7 Å². The normalized spacial score (nSPS) is 13.7. The molecule has 0 aromatic carbocycles. The van der Waals surface area contributed by atoms with Crippen molar-refractivity contribution in [1.82, 2.24) is 0 Å². The van der Waals surface area contributed by atoms with E-state index >= 15 is 0 Å². The van der Waals surface area contributed by atoms with Crippen molar-refractivity contribution in [1.29, 1.82) is 0 Å². The molecule has 1 N–H and O–H groups in total. The number of carbonyl (C=O) groups excluding carboxylic acids is 1. The molecule has 0 radical (unpaired) electrons. The fourth-order valence-electron chi connectivity index (χ4n) is 3.35. The molecular weight excluding hydrogens is 448 g/mol. The van der Waals surface area contributed by atoms with Crippen molar-refractivity contribution in [2.75, 3.05) is 26.6 Å². The molecule has 190 valence electrons. The fourth-order valence-corrected chi connectivity index (χ4v) is 4.11. The zero-order valence-electron chi connectivity index (χ0n) is 22.0. The van der Waals surface area contributed by atoms with Gasteiger partial charge in [-0.15, -0.1) is 5.92 Å². The number of aryl methyl sites for hydroxylation is 1. The summed E-state index contributed by atoms with van der Waals surface area (Å²) in [5.41, 5.74) is 2.33. The number of carbonyl (C=O) groups is 1. The second kappa shape index (κ2) is 15.0. The lowest BCUT2D eigenvalue weighted by Crippen LogP contribution is -2.23. The van der Waals surface area contributed by atoms with E-state index in [1.54, 1.807) is 19.9 Å². The summed E-state index contributed by atoms with van der Waals surface area (Å²) in [4.78, 5) is 12.0. The first-order valence-corrected chi connectivity index (χ1v) is 15.6. The number of ether oxygens (including phenoxy) is 3. The zero-order chi connectivity index (χ0) is 25.7. The largest absolute Gasteiger partial charge is 0.463 e. The number of furan rings is 1. The third kappa shape index (κ3) is 10.9. The van der Waals surface area contributed by atoms with E-state index in [9.17, 15) is 4.79 Å². The number of hydrogen-bond donors (Lipinski definition) is 1. The molecular formula is C27H42O6Si. The molecule has 1 rings (SSSR count). The summed E-state index contributed by atoms with van der Waals surface area (Å²) in [5, 5.41) is 8.95. The van der Waals surface area contributed by atoms with Crippen LogP contribution < -0.4 is 0 Å². The number of rotatable bonds is 14. The highest BCUT2D eigenvalue weighted by Gasteiger charge is 2.29. The van der Waals surface area contributed by atoms with Crippen LogP contribution >= 0.6 is 0 Å². The van der Waals surface area contributed by atoms with Crippen LogP contribution in [0.3, 0.4) is 0 Å². The van der Waals surface area contributed by atoms with Crippen molar-refractivity contribution in [3.05, 3.63) is 40.9 Å². The van der Waals surface area contributed by atoms with Crippen LogP contribution in [0.15, 0.2) is 28.2 Å². The van der Waals surface area contributed by atoms with Crippen molar-refractivity contribution in [3.63, 3.8) is 0 Å². The minimum Gasteiger partial charge on any atom is -0.463 e. The van der Waals surface area contributed by atoms with Gasteiger partial charge in [-0.05, 0) is 57.9 Å². The predicted octanol–water partition coefficient (Wildman–Crippen LogP) is 5.89. The highest BCUT2D eigenvalue weighted by molar-refractivity contribution is 6.76. The molecule has 0 saturated heterocycles. The first-order chi connectivity index (χ1) is 16.0. The van der Waals surface area contributed by atoms with E-state index in [1.165, 1.54) is 0 Å². The SMILES string of the molecule is C=C(C)[C@H](CCC#CCO)[C@@H](OCOCC[Si](C)(C)C)c1oc(/C=C(/C)C(=O)OCC)cc1C. The smallest absolute Gasteiger partial charge is 0.333 e. The van der Waals surface area contributed by atoms with Crippen molar-refractivity contribution in [2.45, 2.75) is 72.3 Å². The monoisotopic (exact) mass is 490 g/mol. The Morgan fingerprint density at radius 1 is 1.29 bits per heavy atom. The van der Waals surface area contributed by atoms with Gasteiger partial charge in [-0.25, -0.2) is 4.79 Å². The van der Waals surface area contributed by atoms with Gasteiger partial charge < -0.3 is 23.7 Å². The van der Waals surface area contributed by atoms with Crippen LogP contribution in [0.4, 0.5) is 0 Å². The first kappa shape index (κ1) is 29.9. The van der Waals surface area contributed by atoms with Crippen LogP contribution in [0.25, 0.3) is 6.08 Å². The maximum absolute atomic E-state index is 12.0. The quantitative estimate of drug-likeness (QED) is 0.0666. The Balaban J connectivity index is 3.15. The number of hydrogen-bond acceptors (Lipinski definition) is 6. The van der Waals surface area contributed by atoms with Gasteiger partial charge in [-0.1, -0.05) is 37.7 Å². The van der Waals surface area contributed by atoms with Gasteiger partial charge in [0, 0.05) is 32.6 Å². The molecule has 1 heterocycles. The summed E-state index contributed by atoms with van der Waals surface area (Å²) in [5.74, 6) is 6.48.